The monoisotopic (exact) mass is 271 g/mol. The van der Waals surface area contributed by atoms with E-state index in [0.29, 0.717) is 5.92 Å². The predicted octanol–water partition coefficient (Wildman–Crippen LogP) is 3.66. The van der Waals surface area contributed by atoms with E-state index in [0.717, 1.165) is 25.2 Å². The van der Waals surface area contributed by atoms with Gasteiger partial charge in [-0.25, -0.2) is 4.98 Å². The molecule has 0 saturated carbocycles. The van der Waals surface area contributed by atoms with E-state index in [2.05, 4.69) is 54.6 Å². The zero-order chi connectivity index (χ0) is 14.5. The summed E-state index contributed by atoms with van der Waals surface area (Å²) < 4.78 is 2.17. The van der Waals surface area contributed by atoms with Crippen molar-refractivity contribution in [3.63, 3.8) is 0 Å². The van der Waals surface area contributed by atoms with E-state index in [1.165, 1.54) is 11.1 Å². The van der Waals surface area contributed by atoms with E-state index in [-0.39, 0.29) is 6.04 Å². The maximum absolute atomic E-state index is 6.33. The lowest BCUT2D eigenvalue weighted by Crippen LogP contribution is -2.18. The van der Waals surface area contributed by atoms with Crippen LogP contribution in [0.25, 0.3) is 0 Å². The summed E-state index contributed by atoms with van der Waals surface area (Å²) in [7, 11) is 0. The number of aromatic nitrogens is 2. The second-order valence-corrected chi connectivity index (χ2v) is 5.67. The number of nitrogens with two attached hydrogens (primary N) is 1. The molecule has 0 saturated heterocycles. The Morgan fingerprint density at radius 2 is 1.80 bits per heavy atom. The van der Waals surface area contributed by atoms with Crippen LogP contribution in [-0.2, 0) is 13.0 Å². The van der Waals surface area contributed by atoms with Crippen molar-refractivity contribution in [1.29, 1.82) is 0 Å². The molecule has 1 atom stereocenters. The van der Waals surface area contributed by atoms with Crippen LogP contribution in [0.5, 0.6) is 0 Å². The van der Waals surface area contributed by atoms with E-state index in [1.807, 2.05) is 12.4 Å². The van der Waals surface area contributed by atoms with Crippen molar-refractivity contribution in [2.24, 2.45) is 5.73 Å². The highest BCUT2D eigenvalue weighted by atomic mass is 15.1. The minimum atomic E-state index is 0.0148. The third-order valence-electron chi connectivity index (χ3n) is 3.70. The zero-order valence-corrected chi connectivity index (χ0v) is 12.7. The first-order chi connectivity index (χ1) is 9.61. The lowest BCUT2D eigenvalue weighted by molar-refractivity contribution is 0.552. The average molecular weight is 271 g/mol. The second kappa shape index (κ2) is 6.71. The smallest absolute Gasteiger partial charge is 0.108 e. The molecule has 0 radical (unpaired) electrons. The van der Waals surface area contributed by atoms with Gasteiger partial charge >= 0.3 is 0 Å². The average Bonchev–Trinajstić information content (AvgIpc) is 2.86. The quantitative estimate of drug-likeness (QED) is 0.871. The highest BCUT2D eigenvalue weighted by Crippen LogP contribution is 2.19. The normalized spacial score (nSPS) is 12.8. The van der Waals surface area contributed by atoms with Gasteiger partial charge in [-0.15, -0.1) is 0 Å². The number of aryl methyl sites for hydroxylation is 1. The number of hydrogen-bond acceptors (Lipinski definition) is 2. The Kier molecular flexibility index (Phi) is 4.96. The van der Waals surface area contributed by atoms with Crippen LogP contribution in [-0.4, -0.2) is 9.55 Å². The molecular weight excluding hydrogens is 246 g/mol. The SMILES string of the molecule is CCCc1nccn1CC(N)c1ccc(C(C)C)cc1. The van der Waals surface area contributed by atoms with E-state index < -0.39 is 0 Å². The van der Waals surface area contributed by atoms with E-state index >= 15 is 0 Å². The summed E-state index contributed by atoms with van der Waals surface area (Å²) in [6, 6.07) is 8.68. The summed E-state index contributed by atoms with van der Waals surface area (Å²) in [5.41, 5.74) is 8.87. The van der Waals surface area contributed by atoms with Gasteiger partial charge in [0, 0.05) is 31.4 Å². The van der Waals surface area contributed by atoms with E-state index in [1.54, 1.807) is 0 Å². The Hall–Kier alpha value is -1.61. The maximum Gasteiger partial charge on any atom is 0.108 e. The Labute approximate surface area is 121 Å². The molecule has 1 aromatic carbocycles. The molecule has 0 bridgehead atoms. The first kappa shape index (κ1) is 14.8. The molecular formula is C17H25N3. The van der Waals surface area contributed by atoms with Crippen LogP contribution in [0.3, 0.4) is 0 Å². The Balaban J connectivity index is 2.07. The Morgan fingerprint density at radius 3 is 2.40 bits per heavy atom. The lowest BCUT2D eigenvalue weighted by Gasteiger charge is -2.16. The molecule has 3 nitrogen and oxygen atoms in total. The molecule has 0 fully saturated rings. The van der Waals surface area contributed by atoms with Crippen LogP contribution in [0.4, 0.5) is 0 Å². The van der Waals surface area contributed by atoms with Gasteiger partial charge in [0.15, 0.2) is 0 Å². The number of benzene rings is 1. The molecule has 2 N–H and O–H groups in total. The van der Waals surface area contributed by atoms with E-state index in [9.17, 15) is 0 Å². The van der Waals surface area contributed by atoms with Gasteiger partial charge in [-0.05, 0) is 23.5 Å². The number of nitrogens with zero attached hydrogens (tertiary/aromatic N) is 2. The van der Waals surface area contributed by atoms with Crippen molar-refractivity contribution in [3.8, 4) is 0 Å². The third-order valence-corrected chi connectivity index (χ3v) is 3.70. The number of rotatable bonds is 6. The standard InChI is InChI=1S/C17H25N3/c1-4-5-17-19-10-11-20(17)12-16(18)15-8-6-14(7-9-15)13(2)3/h6-11,13,16H,4-5,12,18H2,1-3H3. The summed E-state index contributed by atoms with van der Waals surface area (Å²) in [6.45, 7) is 7.37. The Bertz CT molecular complexity index is 525. The fraction of sp³-hybridized carbons (Fsp3) is 0.471. The molecule has 20 heavy (non-hydrogen) atoms. The van der Waals surface area contributed by atoms with Crippen molar-refractivity contribution < 1.29 is 0 Å². The van der Waals surface area contributed by atoms with Gasteiger partial charge in [0.2, 0.25) is 0 Å². The molecule has 0 spiro atoms. The van der Waals surface area contributed by atoms with Gasteiger partial charge in [-0.1, -0.05) is 45.0 Å². The fourth-order valence-electron chi connectivity index (χ4n) is 2.40. The van der Waals surface area contributed by atoms with Crippen molar-refractivity contribution in [2.45, 2.75) is 52.1 Å². The summed E-state index contributed by atoms with van der Waals surface area (Å²) in [5, 5.41) is 0. The summed E-state index contributed by atoms with van der Waals surface area (Å²) in [6.07, 6.45) is 5.99. The molecule has 0 aliphatic rings. The van der Waals surface area contributed by atoms with E-state index in [4.69, 9.17) is 5.73 Å². The molecule has 3 heteroatoms. The van der Waals surface area contributed by atoms with Gasteiger partial charge < -0.3 is 10.3 Å². The third kappa shape index (κ3) is 3.48. The van der Waals surface area contributed by atoms with Crippen LogP contribution in [0, 0.1) is 0 Å². The van der Waals surface area contributed by atoms with Crippen molar-refractivity contribution in [2.75, 3.05) is 0 Å². The number of hydrogen-bond donors (Lipinski definition) is 1. The van der Waals surface area contributed by atoms with Crippen LogP contribution >= 0.6 is 0 Å². The minimum absolute atomic E-state index is 0.0148. The first-order valence-corrected chi connectivity index (χ1v) is 7.47. The minimum Gasteiger partial charge on any atom is -0.333 e. The first-order valence-electron chi connectivity index (χ1n) is 7.47. The van der Waals surface area contributed by atoms with Gasteiger partial charge in [-0.3, -0.25) is 0 Å². The van der Waals surface area contributed by atoms with Gasteiger partial charge in [0.1, 0.15) is 5.82 Å². The fourth-order valence-corrected chi connectivity index (χ4v) is 2.40. The molecule has 0 aliphatic carbocycles. The lowest BCUT2D eigenvalue weighted by atomic mass is 9.99. The molecule has 1 unspecified atom stereocenters. The molecule has 1 aromatic heterocycles. The van der Waals surface area contributed by atoms with Crippen molar-refractivity contribution in [1.82, 2.24) is 9.55 Å². The van der Waals surface area contributed by atoms with Crippen molar-refractivity contribution in [3.05, 3.63) is 53.6 Å². The molecule has 108 valence electrons. The molecule has 1 heterocycles. The summed E-state index contributed by atoms with van der Waals surface area (Å²) in [5.74, 6) is 1.69. The van der Waals surface area contributed by atoms with Gasteiger partial charge in [0.25, 0.3) is 0 Å². The summed E-state index contributed by atoms with van der Waals surface area (Å²) >= 11 is 0. The molecule has 2 aromatic rings. The Morgan fingerprint density at radius 1 is 1.15 bits per heavy atom. The maximum atomic E-state index is 6.33. The number of imidazole rings is 1. The van der Waals surface area contributed by atoms with Crippen LogP contribution in [0.1, 0.15) is 56.1 Å². The molecule has 0 amide bonds. The zero-order valence-electron chi connectivity index (χ0n) is 12.7. The highest BCUT2D eigenvalue weighted by molar-refractivity contribution is 5.26. The van der Waals surface area contributed by atoms with Gasteiger partial charge in [-0.2, -0.15) is 0 Å². The highest BCUT2D eigenvalue weighted by Gasteiger charge is 2.10. The largest absolute Gasteiger partial charge is 0.333 e. The van der Waals surface area contributed by atoms with Crippen LogP contribution in [0.15, 0.2) is 36.7 Å². The molecule has 2 rings (SSSR count). The van der Waals surface area contributed by atoms with Crippen LogP contribution in [0.2, 0.25) is 0 Å². The van der Waals surface area contributed by atoms with Crippen LogP contribution < -0.4 is 5.73 Å². The topological polar surface area (TPSA) is 43.8 Å². The van der Waals surface area contributed by atoms with Crippen molar-refractivity contribution >= 4 is 0 Å². The summed E-state index contributed by atoms with van der Waals surface area (Å²) in [4.78, 5) is 4.40. The molecule has 0 aliphatic heterocycles. The second-order valence-electron chi connectivity index (χ2n) is 5.67. The van der Waals surface area contributed by atoms with Gasteiger partial charge in [0.05, 0.1) is 0 Å². The predicted molar refractivity (Wildman–Crippen MR) is 83.7 cm³/mol.